The largest absolute Gasteiger partial charge is 0.383 e. The van der Waals surface area contributed by atoms with E-state index in [-0.39, 0.29) is 17.4 Å². The number of aromatic nitrogens is 2. The molecule has 2 aromatic carbocycles. The Labute approximate surface area is 185 Å². The van der Waals surface area contributed by atoms with Crippen molar-refractivity contribution in [3.8, 4) is 11.3 Å². The first-order valence-electron chi connectivity index (χ1n) is 10.4. The molecule has 0 aliphatic heterocycles. The second-order valence-corrected chi connectivity index (χ2v) is 7.56. The minimum absolute atomic E-state index is 0.119. The zero-order valence-electron chi connectivity index (χ0n) is 18.1. The molecule has 0 spiro atoms. The topological polar surface area (TPSA) is 104 Å². The van der Waals surface area contributed by atoms with E-state index in [1.54, 1.807) is 43.3 Å². The fourth-order valence-electron chi connectivity index (χ4n) is 3.45. The predicted molar refractivity (Wildman–Crippen MR) is 121 cm³/mol. The number of carbonyl (C=O) groups is 1. The van der Waals surface area contributed by atoms with Crippen molar-refractivity contribution < 1.29 is 14.1 Å². The summed E-state index contributed by atoms with van der Waals surface area (Å²) in [4.78, 5) is 24.9. The van der Waals surface area contributed by atoms with Crippen molar-refractivity contribution >= 4 is 17.3 Å². The second-order valence-electron chi connectivity index (χ2n) is 7.56. The van der Waals surface area contributed by atoms with Gasteiger partial charge in [0.25, 0.3) is 11.6 Å². The molecule has 3 rings (SSSR count). The highest BCUT2D eigenvalue weighted by molar-refractivity contribution is 5.95. The number of benzene rings is 2. The first kappa shape index (κ1) is 22.9. The molecule has 0 saturated heterocycles. The lowest BCUT2D eigenvalue weighted by Crippen LogP contribution is -2.27. The van der Waals surface area contributed by atoms with E-state index in [2.05, 4.69) is 15.5 Å². The summed E-state index contributed by atoms with van der Waals surface area (Å²) in [6.45, 7) is 0.560. The van der Waals surface area contributed by atoms with Crippen LogP contribution in [-0.2, 0) is 6.42 Å². The summed E-state index contributed by atoms with van der Waals surface area (Å²) in [6, 6.07) is 12.6. The molecule has 0 aliphatic rings. The van der Waals surface area contributed by atoms with Crippen LogP contribution in [0.25, 0.3) is 11.3 Å². The van der Waals surface area contributed by atoms with Gasteiger partial charge in [0, 0.05) is 43.5 Å². The van der Waals surface area contributed by atoms with Gasteiger partial charge < -0.3 is 10.2 Å². The molecule has 3 aromatic rings. The first-order valence-corrected chi connectivity index (χ1v) is 10.4. The normalized spacial score (nSPS) is 10.7. The Hall–Kier alpha value is -3.75. The van der Waals surface area contributed by atoms with Crippen LogP contribution in [-0.4, -0.2) is 46.6 Å². The summed E-state index contributed by atoms with van der Waals surface area (Å²) in [5.74, 6) is -0.519. The number of carbonyl (C=O) groups excluding carboxylic acids is 1. The minimum Gasteiger partial charge on any atom is -0.383 e. The molecule has 2 N–H and O–H groups in total. The minimum atomic E-state index is -0.500. The summed E-state index contributed by atoms with van der Waals surface area (Å²) < 4.78 is 13.0. The molecule has 1 amide bonds. The van der Waals surface area contributed by atoms with Crippen molar-refractivity contribution in [1.82, 2.24) is 15.1 Å². The van der Waals surface area contributed by atoms with Gasteiger partial charge in [-0.25, -0.2) is 4.39 Å². The zero-order chi connectivity index (χ0) is 23.1. The molecule has 32 heavy (non-hydrogen) atoms. The first-order chi connectivity index (χ1) is 15.4. The van der Waals surface area contributed by atoms with Crippen LogP contribution in [0.3, 0.4) is 0 Å². The van der Waals surface area contributed by atoms with Gasteiger partial charge >= 0.3 is 0 Å². The lowest BCUT2D eigenvalue weighted by Gasteiger charge is -2.17. The van der Waals surface area contributed by atoms with Crippen molar-refractivity contribution in [2.45, 2.75) is 25.7 Å². The smallest absolute Gasteiger partial charge is 0.293 e. The number of unbranched alkanes of at least 4 members (excludes halogenated alkanes) is 2. The highest BCUT2D eigenvalue weighted by atomic mass is 19.1. The van der Waals surface area contributed by atoms with Crippen LogP contribution in [0.15, 0.2) is 48.5 Å². The van der Waals surface area contributed by atoms with E-state index in [1.807, 2.05) is 6.07 Å². The lowest BCUT2D eigenvalue weighted by atomic mass is 10.1. The molecule has 0 atom stereocenters. The Morgan fingerprint density at radius 3 is 2.59 bits per heavy atom. The molecular formula is C23H26FN5O3. The van der Waals surface area contributed by atoms with E-state index in [4.69, 9.17) is 0 Å². The van der Waals surface area contributed by atoms with Crippen LogP contribution >= 0.6 is 0 Å². The highest BCUT2D eigenvalue weighted by Crippen LogP contribution is 2.25. The SMILES string of the molecule is CNc1ccc(C(=O)N(C)CCCCCc2cc(-c3ccc(F)cc3)n[nH]2)cc1[N+](=O)[O-]. The van der Waals surface area contributed by atoms with Crippen LogP contribution < -0.4 is 5.32 Å². The Bertz CT molecular complexity index is 1080. The molecular weight excluding hydrogens is 413 g/mol. The van der Waals surface area contributed by atoms with Crippen molar-refractivity contribution in [3.63, 3.8) is 0 Å². The number of aromatic amines is 1. The maximum Gasteiger partial charge on any atom is 0.293 e. The maximum absolute atomic E-state index is 13.0. The molecule has 9 heteroatoms. The van der Waals surface area contributed by atoms with Gasteiger partial charge in [-0.05, 0) is 61.7 Å². The van der Waals surface area contributed by atoms with E-state index in [9.17, 15) is 19.3 Å². The van der Waals surface area contributed by atoms with E-state index >= 15 is 0 Å². The van der Waals surface area contributed by atoms with E-state index in [0.29, 0.717) is 17.8 Å². The Balaban J connectivity index is 1.45. The van der Waals surface area contributed by atoms with Crippen LogP contribution in [0.2, 0.25) is 0 Å². The number of nitro benzene ring substituents is 1. The molecule has 1 aromatic heterocycles. The molecule has 168 valence electrons. The second kappa shape index (κ2) is 10.5. The van der Waals surface area contributed by atoms with Crippen molar-refractivity contribution in [1.29, 1.82) is 0 Å². The summed E-state index contributed by atoms with van der Waals surface area (Å²) in [5.41, 5.74) is 3.19. The number of H-pyrrole nitrogens is 1. The molecule has 0 fully saturated rings. The Morgan fingerprint density at radius 2 is 1.91 bits per heavy atom. The third kappa shape index (κ3) is 5.69. The number of hydrogen-bond donors (Lipinski definition) is 2. The molecule has 8 nitrogen and oxygen atoms in total. The number of halogens is 1. The third-order valence-corrected chi connectivity index (χ3v) is 5.27. The van der Waals surface area contributed by atoms with Crippen molar-refractivity contribution in [2.24, 2.45) is 0 Å². The van der Waals surface area contributed by atoms with Crippen molar-refractivity contribution in [3.05, 3.63) is 75.7 Å². The van der Waals surface area contributed by atoms with Crippen LogP contribution in [0.4, 0.5) is 15.8 Å². The standard InChI is InChI=1S/C23H26FN5O3/c1-25-20-12-9-17(14-22(20)29(31)32)23(30)28(2)13-5-3-4-6-19-15-21(27-26-19)16-7-10-18(24)11-8-16/h7-12,14-15,25H,3-6,13H2,1-2H3,(H,26,27). The maximum atomic E-state index is 13.0. The number of nitro groups is 1. The quantitative estimate of drug-likeness (QED) is 0.272. The Morgan fingerprint density at radius 1 is 1.16 bits per heavy atom. The molecule has 0 radical (unpaired) electrons. The summed E-state index contributed by atoms with van der Waals surface area (Å²) in [5, 5.41) is 21.3. The zero-order valence-corrected chi connectivity index (χ0v) is 18.1. The van der Waals surface area contributed by atoms with Gasteiger partial charge in [0.05, 0.1) is 10.6 Å². The predicted octanol–water partition coefficient (Wildman–Crippen LogP) is 4.65. The van der Waals surface area contributed by atoms with Gasteiger partial charge in [0.15, 0.2) is 0 Å². The van der Waals surface area contributed by atoms with E-state index in [0.717, 1.165) is 42.6 Å². The van der Waals surface area contributed by atoms with E-state index in [1.165, 1.54) is 18.2 Å². The average molecular weight is 439 g/mol. The number of amides is 1. The molecule has 1 heterocycles. The van der Waals surface area contributed by atoms with Crippen LogP contribution in [0, 0.1) is 15.9 Å². The highest BCUT2D eigenvalue weighted by Gasteiger charge is 2.18. The monoisotopic (exact) mass is 439 g/mol. The van der Waals surface area contributed by atoms with Gasteiger partial charge in [0.1, 0.15) is 11.5 Å². The molecule has 0 unspecified atom stereocenters. The number of rotatable bonds is 10. The van der Waals surface area contributed by atoms with Crippen LogP contribution in [0.5, 0.6) is 0 Å². The van der Waals surface area contributed by atoms with Gasteiger partial charge in [-0.3, -0.25) is 20.0 Å². The molecule has 0 saturated carbocycles. The third-order valence-electron chi connectivity index (χ3n) is 5.27. The number of nitrogens with one attached hydrogen (secondary N) is 2. The number of anilines is 1. The van der Waals surface area contributed by atoms with E-state index < -0.39 is 4.92 Å². The molecule has 0 aliphatic carbocycles. The Kier molecular flexibility index (Phi) is 7.54. The summed E-state index contributed by atoms with van der Waals surface area (Å²) in [7, 11) is 3.30. The molecule has 0 bridgehead atoms. The average Bonchev–Trinajstić information content (AvgIpc) is 3.27. The van der Waals surface area contributed by atoms with Gasteiger partial charge in [-0.2, -0.15) is 5.10 Å². The lowest BCUT2D eigenvalue weighted by molar-refractivity contribution is -0.384. The number of hydrogen-bond acceptors (Lipinski definition) is 5. The van der Waals surface area contributed by atoms with Gasteiger partial charge in [0.2, 0.25) is 0 Å². The number of nitrogens with zero attached hydrogens (tertiary/aromatic N) is 3. The van der Waals surface area contributed by atoms with Gasteiger partial charge in [-0.1, -0.05) is 6.42 Å². The van der Waals surface area contributed by atoms with Crippen LogP contribution in [0.1, 0.15) is 35.3 Å². The summed E-state index contributed by atoms with van der Waals surface area (Å²) >= 11 is 0. The number of aryl methyl sites for hydroxylation is 1. The fourth-order valence-corrected chi connectivity index (χ4v) is 3.45. The fraction of sp³-hybridized carbons (Fsp3) is 0.304. The van der Waals surface area contributed by atoms with Crippen molar-refractivity contribution in [2.75, 3.05) is 26.0 Å². The van der Waals surface area contributed by atoms with Gasteiger partial charge in [-0.15, -0.1) is 0 Å². The summed E-state index contributed by atoms with van der Waals surface area (Å²) in [6.07, 6.45) is 3.48.